The highest BCUT2D eigenvalue weighted by molar-refractivity contribution is 5.99. The molecular weight excluding hydrogens is 436 g/mol. The fourth-order valence-corrected chi connectivity index (χ4v) is 5.18. The highest BCUT2D eigenvalue weighted by Gasteiger charge is 2.39. The maximum Gasteiger partial charge on any atom is 0.319 e. The van der Waals surface area contributed by atoms with Crippen LogP contribution in [0.2, 0.25) is 0 Å². The molecule has 0 radical (unpaired) electrons. The third-order valence-corrected chi connectivity index (χ3v) is 6.99. The number of fused-ring (bicyclic) bond motifs is 2. The standard InChI is InChI=1S/C25H36N4O5/c1-3-26-25(32)28-17-9-12-21-19(13-17)24(31)29(2)20-11-10-18(34-22(20)15-33-21)14-23(30)27-16-7-5-4-6-8-16/h9,12-13,16,18,20,22H,3-8,10-11,14-15H2,1-2H3,(H,27,30)(H2,26,28,32)/t18-,20-,22-/m0/s1. The van der Waals surface area contributed by atoms with Crippen molar-refractivity contribution in [2.45, 2.75) is 82.6 Å². The number of hydrogen-bond donors (Lipinski definition) is 3. The molecule has 0 bridgehead atoms. The summed E-state index contributed by atoms with van der Waals surface area (Å²) in [6.07, 6.45) is 7.02. The van der Waals surface area contributed by atoms with Crippen LogP contribution in [0.15, 0.2) is 18.2 Å². The van der Waals surface area contributed by atoms with Gasteiger partial charge in [-0.25, -0.2) is 4.79 Å². The number of nitrogens with zero attached hydrogens (tertiary/aromatic N) is 1. The highest BCUT2D eigenvalue weighted by Crippen LogP contribution is 2.32. The van der Waals surface area contributed by atoms with E-state index in [-0.39, 0.29) is 42.1 Å². The number of anilines is 1. The molecule has 1 saturated heterocycles. The summed E-state index contributed by atoms with van der Waals surface area (Å²) in [6.45, 7) is 2.63. The third-order valence-electron chi connectivity index (χ3n) is 6.99. The average Bonchev–Trinajstić information content (AvgIpc) is 2.82. The number of ether oxygens (including phenoxy) is 2. The van der Waals surface area contributed by atoms with E-state index in [9.17, 15) is 14.4 Å². The number of hydrogen-bond acceptors (Lipinski definition) is 5. The van der Waals surface area contributed by atoms with Crippen molar-refractivity contribution in [1.82, 2.24) is 15.5 Å². The zero-order chi connectivity index (χ0) is 24.1. The maximum atomic E-state index is 13.3. The van der Waals surface area contributed by atoms with Crippen LogP contribution in [0, 0.1) is 0 Å². The minimum Gasteiger partial charge on any atom is -0.490 e. The molecule has 3 N–H and O–H groups in total. The minimum absolute atomic E-state index is 0.0454. The molecule has 34 heavy (non-hydrogen) atoms. The van der Waals surface area contributed by atoms with E-state index in [0.29, 0.717) is 43.0 Å². The SMILES string of the molecule is CCNC(=O)Nc1ccc2c(c1)C(=O)N(C)[C@H]1CC[C@@H](CC(=O)NC3CCCCC3)O[C@H]1CO2. The van der Waals surface area contributed by atoms with Crippen LogP contribution in [0.5, 0.6) is 5.75 Å². The van der Waals surface area contributed by atoms with Gasteiger partial charge in [-0.2, -0.15) is 0 Å². The minimum atomic E-state index is -0.325. The van der Waals surface area contributed by atoms with Crippen molar-refractivity contribution in [3.8, 4) is 5.75 Å². The van der Waals surface area contributed by atoms with Crippen LogP contribution in [0.25, 0.3) is 0 Å². The molecule has 3 atom stereocenters. The average molecular weight is 473 g/mol. The number of rotatable bonds is 5. The van der Waals surface area contributed by atoms with Gasteiger partial charge in [0.1, 0.15) is 18.5 Å². The Morgan fingerprint density at radius 2 is 1.91 bits per heavy atom. The van der Waals surface area contributed by atoms with Crippen molar-refractivity contribution in [1.29, 1.82) is 0 Å². The van der Waals surface area contributed by atoms with Crippen molar-refractivity contribution < 1.29 is 23.9 Å². The molecule has 4 rings (SSSR count). The van der Waals surface area contributed by atoms with Crippen LogP contribution in [0.3, 0.4) is 0 Å². The van der Waals surface area contributed by atoms with Gasteiger partial charge in [0, 0.05) is 25.3 Å². The Kier molecular flexibility index (Phi) is 7.92. The van der Waals surface area contributed by atoms with E-state index >= 15 is 0 Å². The molecule has 0 spiro atoms. The summed E-state index contributed by atoms with van der Waals surface area (Å²) in [6, 6.07) is 4.87. The number of benzene rings is 1. The van der Waals surface area contributed by atoms with Crippen molar-refractivity contribution in [3.05, 3.63) is 23.8 Å². The Hall–Kier alpha value is -2.81. The Morgan fingerprint density at radius 3 is 2.68 bits per heavy atom. The Morgan fingerprint density at radius 1 is 1.12 bits per heavy atom. The fourth-order valence-electron chi connectivity index (χ4n) is 5.18. The summed E-state index contributed by atoms with van der Waals surface area (Å²) in [5, 5.41) is 8.57. The van der Waals surface area contributed by atoms with Crippen LogP contribution in [-0.2, 0) is 9.53 Å². The summed E-state index contributed by atoms with van der Waals surface area (Å²) < 4.78 is 12.3. The van der Waals surface area contributed by atoms with Gasteiger partial charge in [-0.1, -0.05) is 19.3 Å². The summed E-state index contributed by atoms with van der Waals surface area (Å²) in [4.78, 5) is 39.4. The first-order valence-corrected chi connectivity index (χ1v) is 12.5. The molecular formula is C25H36N4O5. The van der Waals surface area contributed by atoms with Gasteiger partial charge in [-0.3, -0.25) is 9.59 Å². The van der Waals surface area contributed by atoms with Crippen LogP contribution >= 0.6 is 0 Å². The predicted octanol–water partition coefficient (Wildman–Crippen LogP) is 3.05. The van der Waals surface area contributed by atoms with Crippen LogP contribution in [0.4, 0.5) is 10.5 Å². The lowest BCUT2D eigenvalue weighted by molar-refractivity contribution is -0.134. The summed E-state index contributed by atoms with van der Waals surface area (Å²) in [7, 11) is 1.78. The lowest BCUT2D eigenvalue weighted by Crippen LogP contribution is -2.54. The van der Waals surface area contributed by atoms with E-state index in [0.717, 1.165) is 19.3 Å². The Bertz CT molecular complexity index is 901. The summed E-state index contributed by atoms with van der Waals surface area (Å²) in [5.41, 5.74) is 0.931. The normalized spacial score (nSPS) is 25.2. The van der Waals surface area contributed by atoms with Gasteiger partial charge in [0.15, 0.2) is 0 Å². The third kappa shape index (κ3) is 5.81. The van der Waals surface area contributed by atoms with Crippen molar-refractivity contribution in [2.24, 2.45) is 0 Å². The number of urea groups is 1. The number of nitrogens with one attached hydrogen (secondary N) is 3. The lowest BCUT2D eigenvalue weighted by atomic mass is 9.93. The van der Waals surface area contributed by atoms with E-state index in [2.05, 4.69) is 16.0 Å². The molecule has 2 aliphatic heterocycles. The second-order valence-corrected chi connectivity index (χ2v) is 9.47. The first-order chi connectivity index (χ1) is 16.4. The molecule has 0 unspecified atom stereocenters. The first kappa shape index (κ1) is 24.3. The van der Waals surface area contributed by atoms with Gasteiger partial charge in [0.05, 0.1) is 24.1 Å². The smallest absolute Gasteiger partial charge is 0.319 e. The van der Waals surface area contributed by atoms with Crippen LogP contribution < -0.4 is 20.7 Å². The molecule has 186 valence electrons. The number of amides is 4. The van der Waals surface area contributed by atoms with Gasteiger partial charge in [0.25, 0.3) is 5.91 Å². The van der Waals surface area contributed by atoms with Gasteiger partial charge >= 0.3 is 6.03 Å². The molecule has 9 nitrogen and oxygen atoms in total. The molecule has 4 amide bonds. The number of likely N-dealkylation sites (N-methyl/N-ethyl adjacent to an activating group) is 1. The molecule has 1 aromatic carbocycles. The lowest BCUT2D eigenvalue weighted by Gasteiger charge is -2.42. The summed E-state index contributed by atoms with van der Waals surface area (Å²) in [5.74, 6) is 0.322. The predicted molar refractivity (Wildman–Crippen MR) is 128 cm³/mol. The second kappa shape index (κ2) is 11.1. The molecule has 1 aliphatic carbocycles. The molecule has 2 heterocycles. The quantitative estimate of drug-likeness (QED) is 0.610. The number of carbonyl (C=O) groups is 3. The number of carbonyl (C=O) groups excluding carboxylic acids is 3. The zero-order valence-electron chi connectivity index (χ0n) is 20.1. The van der Waals surface area contributed by atoms with Gasteiger partial charge in [-0.05, 0) is 50.8 Å². The van der Waals surface area contributed by atoms with Crippen molar-refractivity contribution >= 4 is 23.5 Å². The van der Waals surface area contributed by atoms with Crippen molar-refractivity contribution in [2.75, 3.05) is 25.5 Å². The fraction of sp³-hybridized carbons (Fsp3) is 0.640. The van der Waals surface area contributed by atoms with Gasteiger partial charge in [-0.15, -0.1) is 0 Å². The first-order valence-electron chi connectivity index (χ1n) is 12.5. The monoisotopic (exact) mass is 472 g/mol. The molecule has 9 heteroatoms. The van der Waals surface area contributed by atoms with Gasteiger partial charge in [0.2, 0.25) is 5.91 Å². The van der Waals surface area contributed by atoms with E-state index in [1.165, 1.54) is 19.3 Å². The van der Waals surface area contributed by atoms with E-state index in [1.54, 1.807) is 30.1 Å². The van der Waals surface area contributed by atoms with E-state index < -0.39 is 0 Å². The van der Waals surface area contributed by atoms with Crippen molar-refractivity contribution in [3.63, 3.8) is 0 Å². The molecule has 2 fully saturated rings. The molecule has 0 aromatic heterocycles. The van der Waals surface area contributed by atoms with E-state index in [1.807, 2.05) is 6.92 Å². The zero-order valence-corrected chi connectivity index (χ0v) is 20.1. The Labute approximate surface area is 200 Å². The molecule has 1 aromatic rings. The molecule has 1 saturated carbocycles. The largest absolute Gasteiger partial charge is 0.490 e. The second-order valence-electron chi connectivity index (χ2n) is 9.47. The highest BCUT2D eigenvalue weighted by atomic mass is 16.5. The molecule has 3 aliphatic rings. The van der Waals surface area contributed by atoms with Crippen LogP contribution in [-0.4, -0.2) is 67.2 Å². The van der Waals surface area contributed by atoms with Crippen LogP contribution in [0.1, 0.15) is 68.6 Å². The van der Waals surface area contributed by atoms with E-state index in [4.69, 9.17) is 9.47 Å². The van der Waals surface area contributed by atoms with Gasteiger partial charge < -0.3 is 30.3 Å². The maximum absolute atomic E-state index is 13.3. The Balaban J connectivity index is 1.39. The topological polar surface area (TPSA) is 109 Å². The summed E-state index contributed by atoms with van der Waals surface area (Å²) >= 11 is 0.